The van der Waals surface area contributed by atoms with Gasteiger partial charge in [0, 0.05) is 5.57 Å². The van der Waals surface area contributed by atoms with Crippen molar-refractivity contribution in [2.45, 2.75) is 32.1 Å². The van der Waals surface area contributed by atoms with Crippen molar-refractivity contribution in [1.29, 1.82) is 0 Å². The first kappa shape index (κ1) is 10.2. The van der Waals surface area contributed by atoms with Gasteiger partial charge in [-0.25, -0.2) is 0 Å². The molecule has 2 rings (SSSR count). The molecule has 0 amide bonds. The van der Waals surface area contributed by atoms with Crippen molar-refractivity contribution in [3.63, 3.8) is 0 Å². The highest BCUT2D eigenvalue weighted by Crippen LogP contribution is 2.36. The van der Waals surface area contributed by atoms with Gasteiger partial charge in [-0.2, -0.15) is 0 Å². The van der Waals surface area contributed by atoms with Crippen LogP contribution in [0.4, 0.5) is 0 Å². The minimum atomic E-state index is 0.583. The molecule has 1 aromatic rings. The molecule has 0 saturated heterocycles. The van der Waals surface area contributed by atoms with Gasteiger partial charge in [0.05, 0.1) is 0 Å². The Kier molecular flexibility index (Phi) is 2.72. The first-order chi connectivity index (χ1) is 7.26. The average Bonchev–Trinajstić information content (AvgIpc) is 2.69. The first-order valence-corrected chi connectivity index (χ1v) is 5.53. The summed E-state index contributed by atoms with van der Waals surface area (Å²) in [6.45, 7) is 5.97. The third-order valence-corrected chi connectivity index (χ3v) is 3.35. The Morgan fingerprint density at radius 1 is 1.60 bits per heavy atom. The second kappa shape index (κ2) is 4.01. The monoisotopic (exact) mass is 200 g/mol. The Morgan fingerprint density at radius 3 is 3.07 bits per heavy atom. The maximum absolute atomic E-state index is 10.7. The Morgan fingerprint density at radius 2 is 2.40 bits per heavy atom. The van der Waals surface area contributed by atoms with E-state index in [0.29, 0.717) is 11.5 Å². The molecule has 0 N–H and O–H groups in total. The minimum Gasteiger partial charge on any atom is -0.298 e. The maximum Gasteiger partial charge on any atom is 0.150 e. The van der Waals surface area contributed by atoms with Crippen LogP contribution in [-0.4, -0.2) is 6.29 Å². The molecule has 0 bridgehead atoms. The summed E-state index contributed by atoms with van der Waals surface area (Å²) in [5, 5.41) is 0. The molecular weight excluding hydrogens is 184 g/mol. The van der Waals surface area contributed by atoms with Gasteiger partial charge in [0.15, 0.2) is 0 Å². The van der Waals surface area contributed by atoms with E-state index in [1.807, 2.05) is 6.07 Å². The van der Waals surface area contributed by atoms with Crippen LogP contribution in [0.15, 0.2) is 24.8 Å². The number of carbonyl (C=O) groups excluding carboxylic acids is 1. The zero-order valence-electron chi connectivity index (χ0n) is 9.12. The van der Waals surface area contributed by atoms with Crippen LogP contribution >= 0.6 is 0 Å². The van der Waals surface area contributed by atoms with Crippen molar-refractivity contribution >= 4 is 11.9 Å². The standard InChI is InChI=1S/C14H16O/c1-3-11-4-5-12-6-7-13(8-14(11)12)10(2)9-15/h6-9,11H,2-5H2,1H3. The van der Waals surface area contributed by atoms with Crippen LogP contribution < -0.4 is 0 Å². The third-order valence-electron chi connectivity index (χ3n) is 3.35. The van der Waals surface area contributed by atoms with Crippen molar-refractivity contribution in [1.82, 2.24) is 0 Å². The van der Waals surface area contributed by atoms with Gasteiger partial charge in [0.2, 0.25) is 0 Å². The summed E-state index contributed by atoms with van der Waals surface area (Å²) in [4.78, 5) is 10.7. The van der Waals surface area contributed by atoms with E-state index >= 15 is 0 Å². The summed E-state index contributed by atoms with van der Waals surface area (Å²) >= 11 is 0. The molecule has 1 aromatic carbocycles. The second-order valence-corrected chi connectivity index (χ2v) is 4.20. The van der Waals surface area contributed by atoms with Crippen molar-refractivity contribution in [2.24, 2.45) is 0 Å². The first-order valence-electron chi connectivity index (χ1n) is 5.53. The van der Waals surface area contributed by atoms with Crippen LogP contribution in [0.1, 0.15) is 42.4 Å². The highest BCUT2D eigenvalue weighted by atomic mass is 16.1. The predicted octanol–water partition coefficient (Wildman–Crippen LogP) is 3.34. The molecular formula is C14H16O. The number of benzene rings is 1. The third kappa shape index (κ3) is 1.74. The highest BCUT2D eigenvalue weighted by Gasteiger charge is 2.21. The number of rotatable bonds is 3. The zero-order valence-corrected chi connectivity index (χ0v) is 9.12. The quantitative estimate of drug-likeness (QED) is 0.540. The Balaban J connectivity index is 2.40. The van der Waals surface area contributed by atoms with Gasteiger partial charge < -0.3 is 0 Å². The highest BCUT2D eigenvalue weighted by molar-refractivity contribution is 6.05. The number of aryl methyl sites for hydroxylation is 1. The van der Waals surface area contributed by atoms with E-state index in [1.54, 1.807) is 0 Å². The van der Waals surface area contributed by atoms with Crippen LogP contribution in [0, 0.1) is 0 Å². The molecule has 0 heterocycles. The van der Waals surface area contributed by atoms with Crippen molar-refractivity contribution in [3.05, 3.63) is 41.5 Å². The lowest BCUT2D eigenvalue weighted by Gasteiger charge is -2.09. The summed E-state index contributed by atoms with van der Waals surface area (Å²) in [5.74, 6) is 0.680. The number of hydrogen-bond donors (Lipinski definition) is 0. The summed E-state index contributed by atoms with van der Waals surface area (Å²) < 4.78 is 0. The lowest BCUT2D eigenvalue weighted by molar-refractivity contribution is -0.103. The van der Waals surface area contributed by atoms with E-state index in [2.05, 4.69) is 25.6 Å². The molecule has 0 radical (unpaired) electrons. The maximum atomic E-state index is 10.7. The van der Waals surface area contributed by atoms with Gasteiger partial charge in [0.25, 0.3) is 0 Å². The molecule has 1 heteroatoms. The lowest BCUT2D eigenvalue weighted by atomic mass is 9.95. The van der Waals surface area contributed by atoms with E-state index < -0.39 is 0 Å². The number of allylic oxidation sites excluding steroid dienone is 1. The normalized spacial score (nSPS) is 18.6. The smallest absolute Gasteiger partial charge is 0.150 e. The largest absolute Gasteiger partial charge is 0.298 e. The van der Waals surface area contributed by atoms with Gasteiger partial charge in [-0.05, 0) is 41.9 Å². The van der Waals surface area contributed by atoms with E-state index in [4.69, 9.17) is 0 Å². The molecule has 1 aliphatic carbocycles. The fourth-order valence-corrected chi connectivity index (χ4v) is 2.38. The second-order valence-electron chi connectivity index (χ2n) is 4.20. The van der Waals surface area contributed by atoms with Crippen LogP contribution in [0.25, 0.3) is 5.57 Å². The van der Waals surface area contributed by atoms with Gasteiger partial charge in [0.1, 0.15) is 6.29 Å². The minimum absolute atomic E-state index is 0.583. The molecule has 0 fully saturated rings. The molecule has 0 aliphatic heterocycles. The van der Waals surface area contributed by atoms with Gasteiger partial charge >= 0.3 is 0 Å². The van der Waals surface area contributed by atoms with E-state index in [0.717, 1.165) is 11.8 Å². The van der Waals surface area contributed by atoms with Crippen molar-refractivity contribution < 1.29 is 4.79 Å². The van der Waals surface area contributed by atoms with E-state index in [9.17, 15) is 4.79 Å². The summed E-state index contributed by atoms with van der Waals surface area (Å²) in [6, 6.07) is 6.30. The zero-order chi connectivity index (χ0) is 10.8. The fraction of sp³-hybridized carbons (Fsp3) is 0.357. The number of fused-ring (bicyclic) bond motifs is 1. The van der Waals surface area contributed by atoms with Gasteiger partial charge in [-0.15, -0.1) is 0 Å². The molecule has 0 aromatic heterocycles. The lowest BCUT2D eigenvalue weighted by Crippen LogP contribution is -1.93. The van der Waals surface area contributed by atoms with E-state index in [-0.39, 0.29) is 0 Å². The summed E-state index contributed by atoms with van der Waals surface area (Å²) in [5.41, 5.74) is 4.44. The molecule has 0 spiro atoms. The van der Waals surface area contributed by atoms with Crippen molar-refractivity contribution in [2.75, 3.05) is 0 Å². The molecule has 1 aliphatic rings. The molecule has 0 saturated carbocycles. The fourth-order valence-electron chi connectivity index (χ4n) is 2.38. The Labute approximate surface area is 90.8 Å². The average molecular weight is 200 g/mol. The molecule has 1 nitrogen and oxygen atoms in total. The Hall–Kier alpha value is -1.37. The molecule has 1 unspecified atom stereocenters. The number of aldehydes is 1. The number of carbonyl (C=O) groups is 1. The van der Waals surface area contributed by atoms with Crippen molar-refractivity contribution in [3.8, 4) is 0 Å². The molecule has 78 valence electrons. The van der Waals surface area contributed by atoms with Crippen LogP contribution in [0.2, 0.25) is 0 Å². The number of hydrogen-bond acceptors (Lipinski definition) is 1. The van der Waals surface area contributed by atoms with Gasteiger partial charge in [-0.3, -0.25) is 4.79 Å². The molecule has 1 atom stereocenters. The topological polar surface area (TPSA) is 17.1 Å². The molecule has 15 heavy (non-hydrogen) atoms. The van der Waals surface area contributed by atoms with Gasteiger partial charge in [-0.1, -0.05) is 31.7 Å². The summed E-state index contributed by atoms with van der Waals surface area (Å²) in [7, 11) is 0. The van der Waals surface area contributed by atoms with Crippen LogP contribution in [0.5, 0.6) is 0 Å². The van der Waals surface area contributed by atoms with Crippen LogP contribution in [-0.2, 0) is 11.2 Å². The predicted molar refractivity (Wildman–Crippen MR) is 62.9 cm³/mol. The summed E-state index contributed by atoms with van der Waals surface area (Å²) in [6.07, 6.45) is 4.45. The SMILES string of the molecule is C=C(C=O)c1ccc2c(c1)C(CC)CC2. The Bertz CT molecular complexity index is 404. The van der Waals surface area contributed by atoms with Crippen LogP contribution in [0.3, 0.4) is 0 Å². The van der Waals surface area contributed by atoms with E-state index in [1.165, 1.54) is 30.4 Å².